The van der Waals surface area contributed by atoms with Gasteiger partial charge in [-0.25, -0.2) is 4.39 Å². The maximum absolute atomic E-state index is 13.4. The molecule has 2 aromatic carbocycles. The number of hydrogen-bond donors (Lipinski definition) is 1. The molecule has 1 amide bonds. The topological polar surface area (TPSA) is 43.8 Å². The van der Waals surface area contributed by atoms with Crippen molar-refractivity contribution in [3.05, 3.63) is 59.9 Å². The second kappa shape index (κ2) is 7.33. The summed E-state index contributed by atoms with van der Waals surface area (Å²) in [6.07, 6.45) is 0.774. The van der Waals surface area contributed by atoms with Crippen LogP contribution in [-0.4, -0.2) is 60.1 Å². The molecule has 0 aliphatic carbocycles. The van der Waals surface area contributed by atoms with Crippen LogP contribution < -0.4 is 0 Å². The molecule has 1 fully saturated rings. The number of nitrogens with zero attached hydrogens (tertiary/aromatic N) is 2. The van der Waals surface area contributed by atoms with Crippen molar-refractivity contribution in [2.24, 2.45) is 0 Å². The van der Waals surface area contributed by atoms with E-state index >= 15 is 0 Å². The number of hydrogen-bond acceptors (Lipinski definition) is 3. The van der Waals surface area contributed by atoms with E-state index in [1.54, 1.807) is 23.1 Å². The normalized spacial score (nSPS) is 20.3. The third-order valence-corrected chi connectivity index (χ3v) is 4.88. The Kier molecular flexibility index (Phi) is 5.16. The standard InChI is InChI=1S/C20H23FN2O2/c1-22(2)18-11-19(13-24)23(12-18)20(25)15-8-6-14(7-9-15)16-4-3-5-17(21)10-16/h3-10,18-19,24H,11-13H2,1-2H3/t18-,19+/m1/s1. The smallest absolute Gasteiger partial charge is 0.254 e. The second-order valence-electron chi connectivity index (χ2n) is 6.73. The number of carbonyl (C=O) groups excluding carboxylic acids is 1. The largest absolute Gasteiger partial charge is 0.394 e. The lowest BCUT2D eigenvalue weighted by Gasteiger charge is -2.23. The highest BCUT2D eigenvalue weighted by atomic mass is 19.1. The Bertz CT molecular complexity index is 746. The van der Waals surface area contributed by atoms with Crippen LogP contribution in [0.2, 0.25) is 0 Å². The molecule has 0 saturated carbocycles. The van der Waals surface area contributed by atoms with E-state index < -0.39 is 0 Å². The summed E-state index contributed by atoms with van der Waals surface area (Å²) in [5, 5.41) is 9.60. The number of benzene rings is 2. The number of carbonyl (C=O) groups is 1. The van der Waals surface area contributed by atoms with E-state index in [9.17, 15) is 14.3 Å². The molecule has 0 spiro atoms. The molecule has 2 aromatic rings. The van der Waals surface area contributed by atoms with Crippen LogP contribution in [0.5, 0.6) is 0 Å². The minimum absolute atomic E-state index is 0.0303. The molecule has 25 heavy (non-hydrogen) atoms. The van der Waals surface area contributed by atoms with Gasteiger partial charge >= 0.3 is 0 Å². The Labute approximate surface area is 147 Å². The fourth-order valence-electron chi connectivity index (χ4n) is 3.33. The van der Waals surface area contributed by atoms with Crippen molar-refractivity contribution in [3.63, 3.8) is 0 Å². The Morgan fingerprint density at radius 3 is 2.52 bits per heavy atom. The average molecular weight is 342 g/mol. The summed E-state index contributed by atoms with van der Waals surface area (Å²) < 4.78 is 13.4. The minimum Gasteiger partial charge on any atom is -0.394 e. The van der Waals surface area contributed by atoms with Crippen molar-refractivity contribution < 1.29 is 14.3 Å². The molecule has 1 aliphatic rings. The van der Waals surface area contributed by atoms with Crippen LogP contribution >= 0.6 is 0 Å². The fraction of sp³-hybridized carbons (Fsp3) is 0.350. The monoisotopic (exact) mass is 342 g/mol. The minimum atomic E-state index is -0.282. The van der Waals surface area contributed by atoms with Crippen LogP contribution in [0.25, 0.3) is 11.1 Å². The number of aliphatic hydroxyl groups excluding tert-OH is 1. The maximum Gasteiger partial charge on any atom is 0.254 e. The van der Waals surface area contributed by atoms with Crippen LogP contribution in [0.4, 0.5) is 4.39 Å². The van der Waals surface area contributed by atoms with Crippen LogP contribution in [0.3, 0.4) is 0 Å². The quantitative estimate of drug-likeness (QED) is 0.929. The van der Waals surface area contributed by atoms with Gasteiger partial charge in [-0.05, 0) is 55.9 Å². The van der Waals surface area contributed by atoms with Gasteiger partial charge in [-0.1, -0.05) is 24.3 Å². The van der Waals surface area contributed by atoms with E-state index in [-0.39, 0.29) is 30.4 Å². The third-order valence-electron chi connectivity index (χ3n) is 4.88. The van der Waals surface area contributed by atoms with E-state index in [0.29, 0.717) is 12.1 Å². The van der Waals surface area contributed by atoms with E-state index in [1.165, 1.54) is 12.1 Å². The molecule has 1 saturated heterocycles. The van der Waals surface area contributed by atoms with Crippen LogP contribution in [0, 0.1) is 5.82 Å². The van der Waals surface area contributed by atoms with E-state index in [4.69, 9.17) is 0 Å². The number of aliphatic hydroxyl groups is 1. The van der Waals surface area contributed by atoms with Gasteiger partial charge in [0.05, 0.1) is 12.6 Å². The zero-order valence-electron chi connectivity index (χ0n) is 14.5. The first kappa shape index (κ1) is 17.6. The first-order chi connectivity index (χ1) is 12.0. The molecule has 1 heterocycles. The van der Waals surface area contributed by atoms with E-state index in [1.807, 2.05) is 32.3 Å². The average Bonchev–Trinajstić information content (AvgIpc) is 3.06. The molecule has 132 valence electrons. The van der Waals surface area contributed by atoms with E-state index in [2.05, 4.69) is 4.90 Å². The summed E-state index contributed by atoms with van der Waals surface area (Å²) in [5.74, 6) is -0.357. The molecule has 3 rings (SSSR count). The predicted octanol–water partition coefficient (Wildman–Crippen LogP) is 2.63. The molecule has 0 unspecified atom stereocenters. The molecular formula is C20H23FN2O2. The first-order valence-corrected chi connectivity index (χ1v) is 8.44. The van der Waals surface area contributed by atoms with Crippen molar-refractivity contribution >= 4 is 5.91 Å². The Morgan fingerprint density at radius 1 is 1.20 bits per heavy atom. The molecule has 0 aromatic heterocycles. The molecule has 5 heteroatoms. The summed E-state index contributed by atoms with van der Waals surface area (Å²) in [7, 11) is 3.97. The van der Waals surface area contributed by atoms with Gasteiger partial charge in [0.25, 0.3) is 5.91 Å². The molecule has 0 radical (unpaired) electrons. The zero-order chi connectivity index (χ0) is 18.0. The van der Waals surface area contributed by atoms with Gasteiger partial charge in [-0.2, -0.15) is 0 Å². The zero-order valence-corrected chi connectivity index (χ0v) is 14.5. The third kappa shape index (κ3) is 3.72. The number of likely N-dealkylation sites (tertiary alicyclic amines) is 1. The fourth-order valence-corrected chi connectivity index (χ4v) is 3.33. The van der Waals surface area contributed by atoms with Gasteiger partial charge in [-0.3, -0.25) is 4.79 Å². The van der Waals surface area contributed by atoms with Gasteiger partial charge < -0.3 is 14.9 Å². The van der Waals surface area contributed by atoms with Gasteiger partial charge in [0.15, 0.2) is 0 Å². The lowest BCUT2D eigenvalue weighted by Crippen LogP contribution is -2.38. The van der Waals surface area contributed by atoms with Crippen molar-refractivity contribution in [1.82, 2.24) is 9.80 Å². The van der Waals surface area contributed by atoms with Gasteiger partial charge in [0.1, 0.15) is 5.82 Å². The highest BCUT2D eigenvalue weighted by Gasteiger charge is 2.36. The summed E-state index contributed by atoms with van der Waals surface area (Å²) in [5.41, 5.74) is 2.22. The summed E-state index contributed by atoms with van der Waals surface area (Å²) in [4.78, 5) is 16.7. The van der Waals surface area contributed by atoms with E-state index in [0.717, 1.165) is 17.5 Å². The van der Waals surface area contributed by atoms with Crippen molar-refractivity contribution in [3.8, 4) is 11.1 Å². The highest BCUT2D eigenvalue weighted by molar-refractivity contribution is 5.95. The first-order valence-electron chi connectivity index (χ1n) is 8.44. The van der Waals surface area contributed by atoms with Crippen molar-refractivity contribution in [1.29, 1.82) is 0 Å². The summed E-state index contributed by atoms with van der Waals surface area (Å²) >= 11 is 0. The Balaban J connectivity index is 1.79. The summed E-state index contributed by atoms with van der Waals surface area (Å²) in [6, 6.07) is 13.7. The Hall–Kier alpha value is -2.24. The number of likely N-dealkylation sites (N-methyl/N-ethyl adjacent to an activating group) is 1. The second-order valence-corrected chi connectivity index (χ2v) is 6.73. The lowest BCUT2D eigenvalue weighted by molar-refractivity contribution is 0.0673. The molecular weight excluding hydrogens is 319 g/mol. The highest BCUT2D eigenvalue weighted by Crippen LogP contribution is 2.25. The molecule has 0 bridgehead atoms. The van der Waals surface area contributed by atoms with Crippen molar-refractivity contribution in [2.75, 3.05) is 27.2 Å². The molecule has 1 N–H and O–H groups in total. The SMILES string of the molecule is CN(C)[C@@H]1C[C@@H](CO)N(C(=O)c2ccc(-c3cccc(F)c3)cc2)C1. The van der Waals surface area contributed by atoms with Gasteiger partial charge in [-0.15, -0.1) is 0 Å². The van der Waals surface area contributed by atoms with Crippen LogP contribution in [0.1, 0.15) is 16.8 Å². The summed E-state index contributed by atoms with van der Waals surface area (Å²) in [6.45, 7) is 0.583. The number of amides is 1. The van der Waals surface area contributed by atoms with Gasteiger partial charge in [0.2, 0.25) is 0 Å². The van der Waals surface area contributed by atoms with Crippen molar-refractivity contribution in [2.45, 2.75) is 18.5 Å². The molecule has 1 aliphatic heterocycles. The number of rotatable bonds is 4. The lowest BCUT2D eigenvalue weighted by atomic mass is 10.0. The van der Waals surface area contributed by atoms with Gasteiger partial charge in [0, 0.05) is 18.2 Å². The Morgan fingerprint density at radius 2 is 1.92 bits per heavy atom. The molecule has 2 atom stereocenters. The van der Waals surface area contributed by atoms with Crippen LogP contribution in [0.15, 0.2) is 48.5 Å². The maximum atomic E-state index is 13.4. The van der Waals surface area contributed by atoms with Crippen LogP contribution in [-0.2, 0) is 0 Å². The molecule has 4 nitrogen and oxygen atoms in total. The predicted molar refractivity (Wildman–Crippen MR) is 95.8 cm³/mol. The number of halogens is 1.